The molecule has 0 aromatic rings. The Bertz CT molecular complexity index is 120. The van der Waals surface area contributed by atoms with Crippen LogP contribution in [0.1, 0.15) is 46.0 Å². The van der Waals surface area contributed by atoms with Gasteiger partial charge >= 0.3 is 0 Å². The highest BCUT2D eigenvalue weighted by Crippen LogP contribution is 2.10. The summed E-state index contributed by atoms with van der Waals surface area (Å²) in [5.41, 5.74) is 1.61. The van der Waals surface area contributed by atoms with Crippen LogP contribution in [0, 0.1) is 0 Å². The molecule has 0 atom stereocenters. The van der Waals surface area contributed by atoms with Gasteiger partial charge in [0.2, 0.25) is 0 Å². The summed E-state index contributed by atoms with van der Waals surface area (Å²) in [5.74, 6) is 0. The summed E-state index contributed by atoms with van der Waals surface area (Å²) >= 11 is 0. The van der Waals surface area contributed by atoms with Crippen molar-refractivity contribution in [3.63, 3.8) is 0 Å². The SMILES string of the molecule is C=CCC/C=C(\CC)CCC. The zero-order valence-corrected chi connectivity index (χ0v) is 7.90. The van der Waals surface area contributed by atoms with Crippen LogP contribution >= 0.6 is 0 Å². The third-order valence-corrected chi connectivity index (χ3v) is 1.83. The first-order chi connectivity index (χ1) is 5.35. The van der Waals surface area contributed by atoms with Crippen LogP contribution in [0.4, 0.5) is 0 Å². The van der Waals surface area contributed by atoms with Gasteiger partial charge in [-0.15, -0.1) is 6.58 Å². The Morgan fingerprint density at radius 1 is 1.27 bits per heavy atom. The minimum atomic E-state index is 1.12. The van der Waals surface area contributed by atoms with Crippen molar-refractivity contribution >= 4 is 0 Å². The van der Waals surface area contributed by atoms with Crippen molar-refractivity contribution in [2.75, 3.05) is 0 Å². The van der Waals surface area contributed by atoms with E-state index in [9.17, 15) is 0 Å². The summed E-state index contributed by atoms with van der Waals surface area (Å²) in [7, 11) is 0. The molecule has 0 heteroatoms. The fourth-order valence-electron chi connectivity index (χ4n) is 1.15. The van der Waals surface area contributed by atoms with Crippen LogP contribution in [0.15, 0.2) is 24.3 Å². The molecule has 0 radical (unpaired) electrons. The summed E-state index contributed by atoms with van der Waals surface area (Å²) < 4.78 is 0. The van der Waals surface area contributed by atoms with Crippen molar-refractivity contribution < 1.29 is 0 Å². The van der Waals surface area contributed by atoms with Gasteiger partial charge in [-0.3, -0.25) is 0 Å². The number of allylic oxidation sites excluding steroid dienone is 3. The van der Waals surface area contributed by atoms with E-state index in [0.717, 1.165) is 6.42 Å². The quantitative estimate of drug-likeness (QED) is 0.397. The number of unbranched alkanes of at least 4 members (excludes halogenated alkanes) is 1. The zero-order chi connectivity index (χ0) is 8.53. The van der Waals surface area contributed by atoms with Crippen molar-refractivity contribution in [1.29, 1.82) is 0 Å². The van der Waals surface area contributed by atoms with Crippen LogP contribution in [0.25, 0.3) is 0 Å². The Morgan fingerprint density at radius 3 is 2.45 bits per heavy atom. The topological polar surface area (TPSA) is 0 Å². The van der Waals surface area contributed by atoms with Gasteiger partial charge in [-0.2, -0.15) is 0 Å². The van der Waals surface area contributed by atoms with Gasteiger partial charge in [0.1, 0.15) is 0 Å². The lowest BCUT2D eigenvalue weighted by molar-refractivity contribution is 0.843. The van der Waals surface area contributed by atoms with E-state index in [1.54, 1.807) is 5.57 Å². The zero-order valence-electron chi connectivity index (χ0n) is 7.90. The Labute approximate surface area is 71.0 Å². The highest BCUT2D eigenvalue weighted by atomic mass is 14.0. The predicted molar refractivity (Wildman–Crippen MR) is 52.7 cm³/mol. The van der Waals surface area contributed by atoms with Gasteiger partial charge in [-0.25, -0.2) is 0 Å². The van der Waals surface area contributed by atoms with Crippen molar-refractivity contribution in [2.24, 2.45) is 0 Å². The molecule has 0 fully saturated rings. The first-order valence-electron chi connectivity index (χ1n) is 4.63. The van der Waals surface area contributed by atoms with E-state index in [1.807, 2.05) is 6.08 Å². The minimum Gasteiger partial charge on any atom is -0.103 e. The molecule has 0 unspecified atom stereocenters. The fourth-order valence-corrected chi connectivity index (χ4v) is 1.15. The first kappa shape index (κ1) is 10.5. The van der Waals surface area contributed by atoms with Crippen molar-refractivity contribution in [2.45, 2.75) is 46.0 Å². The minimum absolute atomic E-state index is 1.12. The highest BCUT2D eigenvalue weighted by Gasteiger charge is 1.90. The molecule has 11 heavy (non-hydrogen) atoms. The largest absolute Gasteiger partial charge is 0.103 e. The summed E-state index contributed by atoms with van der Waals surface area (Å²) in [4.78, 5) is 0. The van der Waals surface area contributed by atoms with Crippen LogP contribution in [0.3, 0.4) is 0 Å². The monoisotopic (exact) mass is 152 g/mol. The maximum absolute atomic E-state index is 3.70. The molecular formula is C11H20. The number of hydrogen-bond donors (Lipinski definition) is 0. The predicted octanol–water partition coefficient (Wildman–Crippen LogP) is 4.09. The molecule has 0 aliphatic carbocycles. The van der Waals surface area contributed by atoms with Gasteiger partial charge in [0, 0.05) is 0 Å². The van der Waals surface area contributed by atoms with E-state index in [4.69, 9.17) is 0 Å². The molecule has 64 valence electrons. The van der Waals surface area contributed by atoms with Gasteiger partial charge in [0.25, 0.3) is 0 Å². The molecule has 0 saturated carbocycles. The van der Waals surface area contributed by atoms with E-state index in [-0.39, 0.29) is 0 Å². The van der Waals surface area contributed by atoms with Crippen molar-refractivity contribution in [3.8, 4) is 0 Å². The Morgan fingerprint density at radius 2 is 2.00 bits per heavy atom. The number of rotatable bonds is 6. The molecule has 0 N–H and O–H groups in total. The molecule has 0 aromatic heterocycles. The van der Waals surface area contributed by atoms with Crippen molar-refractivity contribution in [3.05, 3.63) is 24.3 Å². The van der Waals surface area contributed by atoms with Gasteiger partial charge in [-0.05, 0) is 25.7 Å². The molecule has 0 rings (SSSR count). The smallest absolute Gasteiger partial charge is 0.0313 e. The molecule has 0 aliphatic rings. The standard InChI is InChI=1S/C11H20/c1-4-7-8-10-11(6-3)9-5-2/h4,10H,1,5-9H2,2-3H3/b11-10+. The lowest BCUT2D eigenvalue weighted by Gasteiger charge is -2.00. The van der Waals surface area contributed by atoms with Crippen LogP contribution < -0.4 is 0 Å². The van der Waals surface area contributed by atoms with Gasteiger partial charge in [-0.1, -0.05) is 38.0 Å². The first-order valence-corrected chi connectivity index (χ1v) is 4.63. The third-order valence-electron chi connectivity index (χ3n) is 1.83. The average molecular weight is 152 g/mol. The molecule has 0 nitrogen and oxygen atoms in total. The molecule has 0 heterocycles. The molecular weight excluding hydrogens is 132 g/mol. The third kappa shape index (κ3) is 5.90. The van der Waals surface area contributed by atoms with E-state index < -0.39 is 0 Å². The second-order valence-electron chi connectivity index (χ2n) is 2.83. The van der Waals surface area contributed by atoms with E-state index in [2.05, 4.69) is 26.5 Å². The molecule has 0 aromatic carbocycles. The van der Waals surface area contributed by atoms with Gasteiger partial charge < -0.3 is 0 Å². The lowest BCUT2D eigenvalue weighted by atomic mass is 10.1. The Kier molecular flexibility index (Phi) is 7.23. The van der Waals surface area contributed by atoms with Gasteiger partial charge in [0.15, 0.2) is 0 Å². The van der Waals surface area contributed by atoms with E-state index in [1.165, 1.54) is 25.7 Å². The molecule has 0 bridgehead atoms. The Balaban J connectivity index is 3.60. The normalized spacial score (nSPS) is 11.6. The van der Waals surface area contributed by atoms with Gasteiger partial charge in [0.05, 0.1) is 0 Å². The molecule has 0 saturated heterocycles. The summed E-state index contributed by atoms with van der Waals surface area (Å²) in [6, 6.07) is 0. The number of hydrogen-bond acceptors (Lipinski definition) is 0. The summed E-state index contributed by atoms with van der Waals surface area (Å²) in [6.45, 7) is 8.16. The van der Waals surface area contributed by atoms with E-state index >= 15 is 0 Å². The maximum Gasteiger partial charge on any atom is -0.0313 e. The van der Waals surface area contributed by atoms with E-state index in [0.29, 0.717) is 0 Å². The summed E-state index contributed by atoms with van der Waals surface area (Å²) in [6.07, 6.45) is 10.4. The summed E-state index contributed by atoms with van der Waals surface area (Å²) in [5, 5.41) is 0. The molecule has 0 spiro atoms. The highest BCUT2D eigenvalue weighted by molar-refractivity contribution is 5.01. The second-order valence-corrected chi connectivity index (χ2v) is 2.83. The lowest BCUT2D eigenvalue weighted by Crippen LogP contribution is -1.80. The second kappa shape index (κ2) is 7.59. The van der Waals surface area contributed by atoms with Crippen LogP contribution in [0.5, 0.6) is 0 Å². The van der Waals surface area contributed by atoms with Crippen LogP contribution in [0.2, 0.25) is 0 Å². The van der Waals surface area contributed by atoms with Crippen LogP contribution in [-0.2, 0) is 0 Å². The van der Waals surface area contributed by atoms with Crippen LogP contribution in [-0.4, -0.2) is 0 Å². The van der Waals surface area contributed by atoms with Crippen molar-refractivity contribution in [1.82, 2.24) is 0 Å². The molecule has 0 amide bonds. The average Bonchev–Trinajstić information content (AvgIpc) is 2.03. The fraction of sp³-hybridized carbons (Fsp3) is 0.636. The maximum atomic E-state index is 3.70. The Hall–Kier alpha value is -0.520. The molecule has 0 aliphatic heterocycles.